The number of hydrogen-bond acceptors (Lipinski definition) is 4. The normalized spacial score (nSPS) is 22.1. The van der Waals surface area contributed by atoms with E-state index in [0.717, 1.165) is 32.2 Å². The lowest BCUT2D eigenvalue weighted by molar-refractivity contribution is -0.146. The molecule has 0 bridgehead atoms. The summed E-state index contributed by atoms with van der Waals surface area (Å²) < 4.78 is 4.71. The number of carbonyl (C=O) groups excluding carboxylic acids is 2. The van der Waals surface area contributed by atoms with Crippen molar-refractivity contribution in [1.29, 1.82) is 0 Å². The Balaban J connectivity index is 2.56. The van der Waals surface area contributed by atoms with Gasteiger partial charge >= 0.3 is 5.97 Å². The first-order valence-corrected chi connectivity index (χ1v) is 6.68. The minimum Gasteiger partial charge on any atom is -0.467 e. The van der Waals surface area contributed by atoms with Crippen molar-refractivity contribution in [3.05, 3.63) is 0 Å². The summed E-state index contributed by atoms with van der Waals surface area (Å²) in [6.45, 7) is 4.65. The zero-order valence-corrected chi connectivity index (χ0v) is 11.5. The van der Waals surface area contributed by atoms with E-state index in [0.29, 0.717) is 0 Å². The maximum atomic E-state index is 12.1. The summed E-state index contributed by atoms with van der Waals surface area (Å²) in [5, 5.41) is 6.01. The predicted octanol–water partition coefficient (Wildman–Crippen LogP) is 0.832. The van der Waals surface area contributed by atoms with E-state index in [9.17, 15) is 9.59 Å². The second kappa shape index (κ2) is 7.36. The summed E-state index contributed by atoms with van der Waals surface area (Å²) in [4.78, 5) is 23.7. The third-order valence-corrected chi connectivity index (χ3v) is 3.30. The highest BCUT2D eigenvalue weighted by Gasteiger charge is 2.28. The molecule has 1 amide bonds. The second-order valence-electron chi connectivity index (χ2n) is 5.11. The molecule has 104 valence electrons. The molecule has 1 aliphatic rings. The van der Waals surface area contributed by atoms with Gasteiger partial charge in [0.25, 0.3) is 0 Å². The average Bonchev–Trinajstić information content (AvgIpc) is 2.63. The molecule has 1 saturated heterocycles. The number of nitrogens with one attached hydrogen (secondary N) is 2. The topological polar surface area (TPSA) is 67.4 Å². The van der Waals surface area contributed by atoms with Crippen LogP contribution >= 0.6 is 0 Å². The molecule has 2 N–H and O–H groups in total. The van der Waals surface area contributed by atoms with Crippen LogP contribution in [0.1, 0.15) is 39.5 Å². The molecule has 0 spiro atoms. The van der Waals surface area contributed by atoms with Gasteiger partial charge in [-0.1, -0.05) is 26.7 Å². The van der Waals surface area contributed by atoms with Crippen molar-refractivity contribution in [3.8, 4) is 0 Å². The predicted molar refractivity (Wildman–Crippen MR) is 69.0 cm³/mol. The lowest BCUT2D eigenvalue weighted by Gasteiger charge is -2.23. The maximum Gasteiger partial charge on any atom is 0.328 e. The molecular weight excluding hydrogens is 232 g/mol. The molecule has 1 rings (SSSR count). The largest absolute Gasteiger partial charge is 0.467 e. The molecule has 0 saturated carbocycles. The van der Waals surface area contributed by atoms with Crippen LogP contribution in [0.4, 0.5) is 0 Å². The Morgan fingerprint density at radius 3 is 2.61 bits per heavy atom. The standard InChI is InChI=1S/C13H24N2O3/c1-9(2)11(13(17)18-3)15-12(16)10-7-5-4-6-8-14-10/h9-11,14H,4-8H2,1-3H3,(H,15,16). The van der Waals surface area contributed by atoms with Gasteiger partial charge in [0.1, 0.15) is 6.04 Å². The number of ether oxygens (including phenoxy) is 1. The number of esters is 1. The highest BCUT2D eigenvalue weighted by molar-refractivity contribution is 5.87. The average molecular weight is 256 g/mol. The molecule has 5 heteroatoms. The fourth-order valence-corrected chi connectivity index (χ4v) is 2.13. The molecule has 1 aliphatic heterocycles. The SMILES string of the molecule is COC(=O)C(NC(=O)C1CCCCCN1)C(C)C. The van der Waals surface area contributed by atoms with Crippen molar-refractivity contribution in [2.24, 2.45) is 5.92 Å². The maximum absolute atomic E-state index is 12.1. The van der Waals surface area contributed by atoms with Gasteiger partial charge in [-0.25, -0.2) is 4.79 Å². The molecule has 0 radical (unpaired) electrons. The van der Waals surface area contributed by atoms with Gasteiger partial charge in [-0.15, -0.1) is 0 Å². The van der Waals surface area contributed by atoms with E-state index in [2.05, 4.69) is 10.6 Å². The lowest BCUT2D eigenvalue weighted by Crippen LogP contribution is -2.52. The molecule has 5 nitrogen and oxygen atoms in total. The highest BCUT2D eigenvalue weighted by Crippen LogP contribution is 2.10. The molecule has 1 heterocycles. The van der Waals surface area contributed by atoms with E-state index in [4.69, 9.17) is 4.74 Å². The molecule has 0 aromatic carbocycles. The van der Waals surface area contributed by atoms with Crippen molar-refractivity contribution in [2.75, 3.05) is 13.7 Å². The molecular formula is C13H24N2O3. The van der Waals surface area contributed by atoms with Gasteiger partial charge in [0.05, 0.1) is 13.2 Å². The number of amides is 1. The van der Waals surface area contributed by atoms with Crippen molar-refractivity contribution in [1.82, 2.24) is 10.6 Å². The van der Waals surface area contributed by atoms with Gasteiger partial charge in [0.2, 0.25) is 5.91 Å². The van der Waals surface area contributed by atoms with Gasteiger partial charge < -0.3 is 15.4 Å². The van der Waals surface area contributed by atoms with Crippen molar-refractivity contribution >= 4 is 11.9 Å². The van der Waals surface area contributed by atoms with Gasteiger partial charge in [-0.2, -0.15) is 0 Å². The molecule has 0 aromatic rings. The Kier molecular flexibility index (Phi) is 6.12. The fraction of sp³-hybridized carbons (Fsp3) is 0.846. The van der Waals surface area contributed by atoms with Crippen LogP contribution in [-0.2, 0) is 14.3 Å². The number of carbonyl (C=O) groups is 2. The van der Waals surface area contributed by atoms with Gasteiger partial charge in [0.15, 0.2) is 0 Å². The van der Waals surface area contributed by atoms with Gasteiger partial charge in [-0.3, -0.25) is 4.79 Å². The molecule has 0 aliphatic carbocycles. The summed E-state index contributed by atoms with van der Waals surface area (Å²) >= 11 is 0. The van der Waals surface area contributed by atoms with Crippen LogP contribution in [0.3, 0.4) is 0 Å². The van der Waals surface area contributed by atoms with Crippen LogP contribution in [-0.4, -0.2) is 37.6 Å². The first-order valence-electron chi connectivity index (χ1n) is 6.68. The minimum atomic E-state index is -0.562. The first-order chi connectivity index (χ1) is 8.56. The Hall–Kier alpha value is -1.10. The zero-order valence-electron chi connectivity index (χ0n) is 11.5. The molecule has 0 aromatic heterocycles. The number of rotatable bonds is 4. The fourth-order valence-electron chi connectivity index (χ4n) is 2.13. The summed E-state index contributed by atoms with van der Waals surface area (Å²) in [5.41, 5.74) is 0. The molecule has 1 fully saturated rings. The zero-order chi connectivity index (χ0) is 13.5. The first kappa shape index (κ1) is 15.0. The van der Waals surface area contributed by atoms with Crippen LogP contribution in [0.2, 0.25) is 0 Å². The van der Waals surface area contributed by atoms with Crippen molar-refractivity contribution in [2.45, 2.75) is 51.6 Å². The second-order valence-corrected chi connectivity index (χ2v) is 5.11. The van der Waals surface area contributed by atoms with Crippen LogP contribution in [0.15, 0.2) is 0 Å². The Labute approximate surface area is 109 Å². The lowest BCUT2D eigenvalue weighted by atomic mass is 10.0. The van der Waals surface area contributed by atoms with E-state index < -0.39 is 6.04 Å². The Bertz CT molecular complexity index is 284. The molecule has 18 heavy (non-hydrogen) atoms. The van der Waals surface area contributed by atoms with Crippen molar-refractivity contribution in [3.63, 3.8) is 0 Å². The summed E-state index contributed by atoms with van der Waals surface area (Å²) in [6, 6.07) is -0.744. The summed E-state index contributed by atoms with van der Waals surface area (Å²) in [7, 11) is 1.34. The van der Waals surface area contributed by atoms with Gasteiger partial charge in [0, 0.05) is 0 Å². The van der Waals surface area contributed by atoms with Crippen LogP contribution in [0.5, 0.6) is 0 Å². The minimum absolute atomic E-state index is 0.0205. The Morgan fingerprint density at radius 2 is 2.00 bits per heavy atom. The Morgan fingerprint density at radius 1 is 1.28 bits per heavy atom. The summed E-state index contributed by atoms with van der Waals surface area (Å²) in [5.74, 6) is -0.458. The number of methoxy groups -OCH3 is 1. The monoisotopic (exact) mass is 256 g/mol. The highest BCUT2D eigenvalue weighted by atomic mass is 16.5. The van der Waals surface area contributed by atoms with Crippen molar-refractivity contribution < 1.29 is 14.3 Å². The molecule has 2 unspecified atom stereocenters. The van der Waals surface area contributed by atoms with Crippen LogP contribution in [0.25, 0.3) is 0 Å². The quantitative estimate of drug-likeness (QED) is 0.731. The van der Waals surface area contributed by atoms with Gasteiger partial charge in [-0.05, 0) is 25.3 Å². The number of hydrogen-bond donors (Lipinski definition) is 2. The van der Waals surface area contributed by atoms with E-state index in [1.807, 2.05) is 13.8 Å². The van der Waals surface area contributed by atoms with E-state index in [1.165, 1.54) is 7.11 Å². The summed E-state index contributed by atoms with van der Waals surface area (Å²) in [6.07, 6.45) is 4.14. The smallest absolute Gasteiger partial charge is 0.328 e. The third-order valence-electron chi connectivity index (χ3n) is 3.30. The van der Waals surface area contributed by atoms with E-state index in [1.54, 1.807) is 0 Å². The molecule has 2 atom stereocenters. The van der Waals surface area contributed by atoms with E-state index in [-0.39, 0.29) is 23.8 Å². The van der Waals surface area contributed by atoms with Crippen LogP contribution in [0, 0.1) is 5.92 Å². The van der Waals surface area contributed by atoms with E-state index >= 15 is 0 Å². The third kappa shape index (κ3) is 4.29. The van der Waals surface area contributed by atoms with Crippen LogP contribution < -0.4 is 10.6 Å².